The van der Waals surface area contributed by atoms with Crippen molar-refractivity contribution in [2.45, 2.75) is 24.3 Å². The van der Waals surface area contributed by atoms with E-state index in [1.54, 1.807) is 0 Å². The zero-order chi connectivity index (χ0) is 15.3. The first-order chi connectivity index (χ1) is 9.04. The Bertz CT molecular complexity index is 678. The number of benzene rings is 1. The first kappa shape index (κ1) is 15.2. The van der Waals surface area contributed by atoms with Crippen LogP contribution in [0.4, 0.5) is 5.69 Å². The Labute approximate surface area is 121 Å². The molecule has 20 heavy (non-hydrogen) atoms. The van der Waals surface area contributed by atoms with Crippen molar-refractivity contribution in [3.8, 4) is 0 Å². The lowest BCUT2D eigenvalue weighted by Gasteiger charge is -2.42. The molecule has 1 aromatic rings. The van der Waals surface area contributed by atoms with Crippen LogP contribution in [-0.4, -0.2) is 41.4 Å². The van der Waals surface area contributed by atoms with E-state index in [0.29, 0.717) is 0 Å². The highest BCUT2D eigenvalue weighted by atomic mass is 35.5. The molecule has 7 nitrogen and oxygen atoms in total. The summed E-state index contributed by atoms with van der Waals surface area (Å²) < 4.78 is 25.6. The molecule has 0 atom stereocenters. The molecule has 1 heterocycles. The highest BCUT2D eigenvalue weighted by Gasteiger charge is 2.44. The maximum absolute atomic E-state index is 12.3. The van der Waals surface area contributed by atoms with Crippen LogP contribution in [0.3, 0.4) is 0 Å². The van der Waals surface area contributed by atoms with Crippen molar-refractivity contribution in [3.05, 3.63) is 32.8 Å². The van der Waals surface area contributed by atoms with Gasteiger partial charge in [-0.3, -0.25) is 10.1 Å². The van der Waals surface area contributed by atoms with Crippen molar-refractivity contribution in [1.82, 2.24) is 4.31 Å². The molecule has 1 fully saturated rings. The van der Waals surface area contributed by atoms with Gasteiger partial charge in [0.2, 0.25) is 10.0 Å². The summed E-state index contributed by atoms with van der Waals surface area (Å²) in [5, 5.41) is 20.5. The molecule has 0 amide bonds. The number of nitro groups is 1. The summed E-state index contributed by atoms with van der Waals surface area (Å²) in [4.78, 5) is 9.99. The highest BCUT2D eigenvalue weighted by molar-refractivity contribution is 7.89. The molecule has 1 aromatic carbocycles. The maximum atomic E-state index is 12.3. The second-order valence-electron chi connectivity index (χ2n) is 5.08. The Hall–Kier alpha value is -1.22. The third kappa shape index (κ3) is 2.51. The minimum absolute atomic E-state index is 0.0186. The molecule has 9 heteroatoms. The van der Waals surface area contributed by atoms with Gasteiger partial charge in [0.1, 0.15) is 0 Å². The van der Waals surface area contributed by atoms with Crippen LogP contribution in [0.1, 0.15) is 12.5 Å². The summed E-state index contributed by atoms with van der Waals surface area (Å²) in [6.45, 7) is 2.87. The van der Waals surface area contributed by atoms with Crippen LogP contribution in [-0.2, 0) is 10.0 Å². The van der Waals surface area contributed by atoms with Crippen LogP contribution < -0.4 is 0 Å². The van der Waals surface area contributed by atoms with E-state index in [4.69, 9.17) is 11.6 Å². The van der Waals surface area contributed by atoms with Crippen molar-refractivity contribution < 1.29 is 18.4 Å². The van der Waals surface area contributed by atoms with E-state index in [9.17, 15) is 23.6 Å². The lowest BCUT2D eigenvalue weighted by Crippen LogP contribution is -2.61. The monoisotopic (exact) mass is 320 g/mol. The summed E-state index contributed by atoms with van der Waals surface area (Å²) in [5.41, 5.74) is -1.19. The number of nitrogens with zero attached hydrogens (tertiary/aromatic N) is 2. The van der Waals surface area contributed by atoms with Crippen molar-refractivity contribution in [2.24, 2.45) is 0 Å². The Balaban J connectivity index is 2.46. The first-order valence-electron chi connectivity index (χ1n) is 5.72. The standard InChI is InChI=1S/C11H13ClN2O5S/c1-7-9(12)3-8(4-10(7)14(16)17)20(18,19)13-5-11(2,15)6-13/h3-4,15H,5-6H2,1-2H3. The third-order valence-electron chi connectivity index (χ3n) is 3.16. The number of aliphatic hydroxyl groups is 1. The van der Waals surface area contributed by atoms with Gasteiger partial charge in [-0.2, -0.15) is 4.31 Å². The molecule has 0 saturated carbocycles. The fraction of sp³-hybridized carbons (Fsp3) is 0.455. The lowest BCUT2D eigenvalue weighted by atomic mass is 10.0. The molecule has 0 unspecified atom stereocenters. The molecular weight excluding hydrogens is 308 g/mol. The zero-order valence-electron chi connectivity index (χ0n) is 10.8. The van der Waals surface area contributed by atoms with Gasteiger partial charge in [0.05, 0.1) is 20.4 Å². The molecular formula is C11H13ClN2O5S. The average Bonchev–Trinajstić information content (AvgIpc) is 2.28. The van der Waals surface area contributed by atoms with E-state index in [1.807, 2.05) is 0 Å². The largest absolute Gasteiger partial charge is 0.387 e. The fourth-order valence-corrected chi connectivity index (χ4v) is 4.01. The van der Waals surface area contributed by atoms with Gasteiger partial charge in [0.25, 0.3) is 5.69 Å². The number of rotatable bonds is 3. The maximum Gasteiger partial charge on any atom is 0.275 e. The van der Waals surface area contributed by atoms with Crippen LogP contribution in [0.15, 0.2) is 17.0 Å². The van der Waals surface area contributed by atoms with Gasteiger partial charge >= 0.3 is 0 Å². The van der Waals surface area contributed by atoms with E-state index in [1.165, 1.54) is 19.9 Å². The van der Waals surface area contributed by atoms with Gasteiger partial charge in [-0.25, -0.2) is 8.42 Å². The third-order valence-corrected chi connectivity index (χ3v) is 5.32. The van der Waals surface area contributed by atoms with E-state index in [-0.39, 0.29) is 34.3 Å². The second-order valence-corrected chi connectivity index (χ2v) is 7.42. The van der Waals surface area contributed by atoms with Crippen LogP contribution >= 0.6 is 11.6 Å². The Morgan fingerprint density at radius 3 is 2.45 bits per heavy atom. The van der Waals surface area contributed by atoms with E-state index in [0.717, 1.165) is 10.4 Å². The van der Waals surface area contributed by atoms with Gasteiger partial charge in [-0.1, -0.05) is 11.6 Å². The molecule has 0 bridgehead atoms. The Morgan fingerprint density at radius 2 is 2.00 bits per heavy atom. The summed E-state index contributed by atoms with van der Waals surface area (Å²) in [6, 6.07) is 2.18. The molecule has 1 aliphatic rings. The summed E-state index contributed by atoms with van der Waals surface area (Å²) in [7, 11) is -3.88. The van der Waals surface area contributed by atoms with Crippen molar-refractivity contribution >= 4 is 27.3 Å². The van der Waals surface area contributed by atoms with Crippen LogP contribution in [0.25, 0.3) is 0 Å². The molecule has 1 N–H and O–H groups in total. The number of hydrogen-bond acceptors (Lipinski definition) is 5. The van der Waals surface area contributed by atoms with Gasteiger partial charge in [-0.15, -0.1) is 0 Å². The Morgan fingerprint density at radius 1 is 1.45 bits per heavy atom. The predicted molar refractivity (Wildman–Crippen MR) is 72.2 cm³/mol. The van der Waals surface area contributed by atoms with Crippen LogP contribution in [0.5, 0.6) is 0 Å². The van der Waals surface area contributed by atoms with Crippen LogP contribution in [0, 0.1) is 17.0 Å². The molecule has 0 aromatic heterocycles. The molecule has 0 spiro atoms. The van der Waals surface area contributed by atoms with E-state index >= 15 is 0 Å². The van der Waals surface area contributed by atoms with Gasteiger partial charge in [0, 0.05) is 24.7 Å². The molecule has 110 valence electrons. The molecule has 0 radical (unpaired) electrons. The highest BCUT2D eigenvalue weighted by Crippen LogP contribution is 2.33. The second kappa shape index (κ2) is 4.66. The molecule has 2 rings (SSSR count). The lowest BCUT2D eigenvalue weighted by molar-refractivity contribution is -0.385. The van der Waals surface area contributed by atoms with Crippen LogP contribution in [0.2, 0.25) is 5.02 Å². The minimum atomic E-state index is -3.88. The smallest absolute Gasteiger partial charge is 0.275 e. The number of sulfonamides is 1. The minimum Gasteiger partial charge on any atom is -0.387 e. The number of halogens is 1. The normalized spacial score (nSPS) is 18.6. The van der Waals surface area contributed by atoms with Crippen molar-refractivity contribution in [3.63, 3.8) is 0 Å². The number of β-amino-alcohol motifs (C(OH)–C–C–N with tert-alkyl or cyclic N) is 1. The SMILES string of the molecule is Cc1c(Cl)cc(S(=O)(=O)N2CC(C)(O)C2)cc1[N+](=O)[O-]. The van der Waals surface area contributed by atoms with Gasteiger partial charge in [0.15, 0.2) is 0 Å². The quantitative estimate of drug-likeness (QED) is 0.668. The van der Waals surface area contributed by atoms with Crippen molar-refractivity contribution in [1.29, 1.82) is 0 Å². The van der Waals surface area contributed by atoms with Gasteiger partial charge in [-0.05, 0) is 19.9 Å². The van der Waals surface area contributed by atoms with Gasteiger partial charge < -0.3 is 5.11 Å². The summed E-state index contributed by atoms with van der Waals surface area (Å²) >= 11 is 5.85. The average molecular weight is 321 g/mol. The molecule has 0 aliphatic carbocycles. The number of hydrogen-bond donors (Lipinski definition) is 1. The topological polar surface area (TPSA) is 101 Å². The zero-order valence-corrected chi connectivity index (χ0v) is 12.4. The summed E-state index contributed by atoms with van der Waals surface area (Å²) in [5.74, 6) is 0. The number of nitro benzene ring substituents is 1. The van der Waals surface area contributed by atoms with E-state index in [2.05, 4.69) is 0 Å². The van der Waals surface area contributed by atoms with E-state index < -0.39 is 20.5 Å². The first-order valence-corrected chi connectivity index (χ1v) is 7.53. The fourth-order valence-electron chi connectivity index (χ4n) is 2.01. The molecule has 1 saturated heterocycles. The predicted octanol–water partition coefficient (Wildman–Crippen LogP) is 1.31. The summed E-state index contributed by atoms with van der Waals surface area (Å²) in [6.07, 6.45) is 0. The van der Waals surface area contributed by atoms with Crippen molar-refractivity contribution in [2.75, 3.05) is 13.1 Å². The molecule has 1 aliphatic heterocycles. The Kier molecular flexibility index (Phi) is 3.53.